The minimum atomic E-state index is -1.10. The summed E-state index contributed by atoms with van der Waals surface area (Å²) in [5.74, 6) is -2.61. The summed E-state index contributed by atoms with van der Waals surface area (Å²) in [6, 6.07) is 5.90. The van der Waals surface area contributed by atoms with Crippen LogP contribution in [0.3, 0.4) is 0 Å². The van der Waals surface area contributed by atoms with E-state index in [4.69, 9.17) is 18.9 Å². The number of hydrogen-bond donors (Lipinski definition) is 2. The minimum absolute atomic E-state index is 0.0345. The Morgan fingerprint density at radius 2 is 1.73 bits per heavy atom. The van der Waals surface area contributed by atoms with E-state index in [-0.39, 0.29) is 35.6 Å². The molecule has 0 spiro atoms. The van der Waals surface area contributed by atoms with Crippen LogP contribution in [0.5, 0.6) is 0 Å². The second-order valence-electron chi connectivity index (χ2n) is 8.05. The van der Waals surface area contributed by atoms with Gasteiger partial charge >= 0.3 is 11.9 Å². The molecule has 11 heteroatoms. The van der Waals surface area contributed by atoms with E-state index in [0.717, 1.165) is 0 Å². The summed E-state index contributed by atoms with van der Waals surface area (Å²) in [7, 11) is 1.20. The van der Waals surface area contributed by atoms with Crippen LogP contribution in [-0.2, 0) is 28.5 Å². The zero-order valence-electron chi connectivity index (χ0n) is 18.3. The minimum Gasteiger partial charge on any atom is -0.466 e. The van der Waals surface area contributed by atoms with Crippen LogP contribution in [0.1, 0.15) is 25.3 Å². The Bertz CT molecular complexity index is 1060. The number of aliphatic hydroxyl groups is 1. The predicted molar refractivity (Wildman–Crippen MR) is 112 cm³/mol. The molecule has 33 heavy (non-hydrogen) atoms. The van der Waals surface area contributed by atoms with Crippen molar-refractivity contribution in [2.45, 2.75) is 44.2 Å². The molecule has 3 aliphatic heterocycles. The summed E-state index contributed by atoms with van der Waals surface area (Å²) in [4.78, 5) is 37.3. The topological polar surface area (TPSA) is 146 Å². The third kappa shape index (κ3) is 3.99. The number of nitro groups is 1. The summed E-state index contributed by atoms with van der Waals surface area (Å²) >= 11 is 0. The molecule has 0 radical (unpaired) electrons. The van der Waals surface area contributed by atoms with Gasteiger partial charge in [-0.25, -0.2) is 9.59 Å². The van der Waals surface area contributed by atoms with Gasteiger partial charge in [-0.05, 0) is 13.8 Å². The lowest BCUT2D eigenvalue weighted by Gasteiger charge is -2.30. The van der Waals surface area contributed by atoms with Crippen LogP contribution in [0.4, 0.5) is 5.69 Å². The monoisotopic (exact) mass is 460 g/mol. The van der Waals surface area contributed by atoms with Gasteiger partial charge < -0.3 is 29.4 Å². The molecule has 176 valence electrons. The zero-order chi connectivity index (χ0) is 23.9. The van der Waals surface area contributed by atoms with Crippen LogP contribution in [-0.4, -0.2) is 66.7 Å². The number of carbonyl (C=O) groups excluding carboxylic acids is 2. The standard InChI is InChI=1S/C22H24N2O9/c1-10-16(21(26)30-3)18(12-6-4-5-7-13(12)24(28)29)17(11(2)23-10)22(27)33-15-9-32-19-14(25)8-31-20(15)19/h4-7,14-15,18-20,23,25H,8-9H2,1-3H3/t14-,15-,18?,19+,20+/m0/s1. The predicted octanol–water partition coefficient (Wildman–Crippen LogP) is 1.07. The normalized spacial score (nSPS) is 28.9. The van der Waals surface area contributed by atoms with Gasteiger partial charge in [-0.2, -0.15) is 0 Å². The maximum atomic E-state index is 13.4. The average Bonchev–Trinajstić information content (AvgIpc) is 3.35. The molecule has 1 aromatic carbocycles. The number of rotatable bonds is 5. The Labute approximate surface area is 189 Å². The zero-order valence-corrected chi connectivity index (χ0v) is 18.3. The lowest BCUT2D eigenvalue weighted by molar-refractivity contribution is -0.385. The number of nitro benzene ring substituents is 1. The molecular weight excluding hydrogens is 436 g/mol. The number of dihydropyridines is 1. The smallest absolute Gasteiger partial charge is 0.337 e. The van der Waals surface area contributed by atoms with Gasteiger partial charge in [-0.1, -0.05) is 18.2 Å². The molecule has 1 aromatic rings. The van der Waals surface area contributed by atoms with Crippen molar-refractivity contribution in [3.8, 4) is 0 Å². The second kappa shape index (κ2) is 8.93. The molecule has 2 saturated heterocycles. The lowest BCUT2D eigenvalue weighted by atomic mass is 9.79. The van der Waals surface area contributed by atoms with Gasteiger partial charge in [-0.15, -0.1) is 0 Å². The highest BCUT2D eigenvalue weighted by Crippen LogP contribution is 2.43. The van der Waals surface area contributed by atoms with E-state index >= 15 is 0 Å². The molecule has 2 fully saturated rings. The Balaban J connectivity index is 1.75. The molecule has 5 atom stereocenters. The van der Waals surface area contributed by atoms with Gasteiger partial charge in [0.05, 0.1) is 42.3 Å². The maximum Gasteiger partial charge on any atom is 0.337 e. The number of esters is 2. The first-order valence-corrected chi connectivity index (χ1v) is 10.4. The summed E-state index contributed by atoms with van der Waals surface area (Å²) in [5, 5.41) is 24.7. The van der Waals surface area contributed by atoms with Crippen LogP contribution < -0.4 is 5.32 Å². The number of benzene rings is 1. The molecule has 0 aromatic heterocycles. The molecule has 0 aliphatic carbocycles. The van der Waals surface area contributed by atoms with Crippen molar-refractivity contribution < 1.29 is 38.6 Å². The van der Waals surface area contributed by atoms with Crippen LogP contribution in [0.15, 0.2) is 46.8 Å². The van der Waals surface area contributed by atoms with Crippen molar-refractivity contribution >= 4 is 17.6 Å². The molecule has 0 saturated carbocycles. The number of allylic oxidation sites excluding steroid dienone is 2. The van der Waals surface area contributed by atoms with E-state index < -0.39 is 47.2 Å². The highest BCUT2D eigenvalue weighted by molar-refractivity contribution is 6.00. The van der Waals surface area contributed by atoms with E-state index in [1.54, 1.807) is 19.9 Å². The van der Waals surface area contributed by atoms with Crippen LogP contribution in [0, 0.1) is 10.1 Å². The highest BCUT2D eigenvalue weighted by atomic mass is 16.6. The van der Waals surface area contributed by atoms with Crippen molar-refractivity contribution in [2.75, 3.05) is 20.3 Å². The molecule has 2 N–H and O–H groups in total. The number of nitrogens with zero attached hydrogens (tertiary/aromatic N) is 1. The number of nitrogens with one attached hydrogen (secondary N) is 1. The highest BCUT2D eigenvalue weighted by Gasteiger charge is 2.50. The van der Waals surface area contributed by atoms with Crippen molar-refractivity contribution in [3.05, 3.63) is 62.5 Å². The SMILES string of the molecule is COC(=O)C1=C(C)NC(C)=C(C(=O)O[C@H]2CO[C@H]3[C@@H]2OC[C@@H]3O)C1c1ccccc1[N+](=O)[O-]. The fourth-order valence-corrected chi connectivity index (χ4v) is 4.60. The third-order valence-electron chi connectivity index (χ3n) is 6.07. The van der Waals surface area contributed by atoms with Gasteiger partial charge in [0.1, 0.15) is 18.3 Å². The maximum absolute atomic E-state index is 13.4. The largest absolute Gasteiger partial charge is 0.466 e. The molecule has 3 heterocycles. The molecule has 3 aliphatic rings. The molecule has 11 nitrogen and oxygen atoms in total. The number of ether oxygens (including phenoxy) is 4. The first-order chi connectivity index (χ1) is 15.7. The molecule has 0 bridgehead atoms. The summed E-state index contributed by atoms with van der Waals surface area (Å²) < 4.78 is 21.7. The van der Waals surface area contributed by atoms with Gasteiger partial charge in [0, 0.05) is 23.0 Å². The fourth-order valence-electron chi connectivity index (χ4n) is 4.60. The molecule has 1 unspecified atom stereocenters. The Hall–Kier alpha value is -3.28. The van der Waals surface area contributed by atoms with E-state index in [9.17, 15) is 24.8 Å². The summed E-state index contributed by atoms with van der Waals surface area (Å²) in [6.07, 6.45) is -2.81. The van der Waals surface area contributed by atoms with E-state index in [2.05, 4.69) is 5.32 Å². The van der Waals surface area contributed by atoms with Gasteiger partial charge in [0.2, 0.25) is 0 Å². The Kier molecular flexibility index (Phi) is 6.19. The van der Waals surface area contributed by atoms with Crippen LogP contribution in [0.25, 0.3) is 0 Å². The lowest BCUT2D eigenvalue weighted by Crippen LogP contribution is -2.37. The quantitative estimate of drug-likeness (QED) is 0.372. The first-order valence-electron chi connectivity index (χ1n) is 10.4. The molecule has 0 amide bonds. The number of fused-ring (bicyclic) bond motifs is 1. The van der Waals surface area contributed by atoms with Gasteiger partial charge in [0.15, 0.2) is 6.10 Å². The first kappa shape index (κ1) is 22.9. The van der Waals surface area contributed by atoms with Crippen LogP contribution >= 0.6 is 0 Å². The summed E-state index contributed by atoms with van der Waals surface area (Å²) in [6.45, 7) is 3.36. The number of aliphatic hydroxyl groups excluding tert-OH is 1. The number of methoxy groups -OCH3 is 1. The van der Waals surface area contributed by atoms with Crippen molar-refractivity contribution in [2.24, 2.45) is 0 Å². The van der Waals surface area contributed by atoms with Crippen LogP contribution in [0.2, 0.25) is 0 Å². The second-order valence-corrected chi connectivity index (χ2v) is 8.05. The summed E-state index contributed by atoms with van der Waals surface area (Å²) in [5.41, 5.74) is 0.808. The third-order valence-corrected chi connectivity index (χ3v) is 6.07. The van der Waals surface area contributed by atoms with E-state index in [0.29, 0.717) is 11.4 Å². The fraction of sp³-hybridized carbons (Fsp3) is 0.455. The number of para-hydroxylation sites is 1. The molecular formula is C22H24N2O9. The Morgan fingerprint density at radius 1 is 1.09 bits per heavy atom. The van der Waals surface area contributed by atoms with Crippen molar-refractivity contribution in [3.63, 3.8) is 0 Å². The number of carbonyl (C=O) groups is 2. The molecule has 4 rings (SSSR count). The van der Waals surface area contributed by atoms with Crippen molar-refractivity contribution in [1.82, 2.24) is 5.32 Å². The van der Waals surface area contributed by atoms with Gasteiger partial charge in [0.25, 0.3) is 5.69 Å². The van der Waals surface area contributed by atoms with Crippen molar-refractivity contribution in [1.29, 1.82) is 0 Å². The van der Waals surface area contributed by atoms with E-state index in [1.165, 1.54) is 25.3 Å². The average molecular weight is 460 g/mol. The van der Waals surface area contributed by atoms with Gasteiger partial charge in [-0.3, -0.25) is 10.1 Å². The number of hydrogen-bond acceptors (Lipinski definition) is 10. The van der Waals surface area contributed by atoms with E-state index in [1.807, 2.05) is 0 Å². The Morgan fingerprint density at radius 3 is 2.39 bits per heavy atom.